The summed E-state index contributed by atoms with van der Waals surface area (Å²) in [4.78, 5) is 6.96. The molecule has 0 aliphatic carbocycles. The fourth-order valence-electron chi connectivity index (χ4n) is 2.70. The molecule has 2 heterocycles. The highest BCUT2D eigenvalue weighted by Gasteiger charge is 2.41. The van der Waals surface area contributed by atoms with Gasteiger partial charge in [-0.15, -0.1) is 0 Å². The van der Waals surface area contributed by atoms with Crippen molar-refractivity contribution in [2.24, 2.45) is 4.99 Å². The van der Waals surface area contributed by atoms with Gasteiger partial charge in [-0.25, -0.2) is 0 Å². The Morgan fingerprint density at radius 2 is 2.10 bits per heavy atom. The van der Waals surface area contributed by atoms with Crippen LogP contribution in [0.25, 0.3) is 0 Å². The van der Waals surface area contributed by atoms with Crippen LogP contribution in [0.5, 0.6) is 0 Å². The maximum Gasteiger partial charge on any atom is 0.191 e. The monoisotopic (exact) mass is 282 g/mol. The number of guanidine groups is 1. The van der Waals surface area contributed by atoms with Crippen molar-refractivity contribution in [2.45, 2.75) is 63.8 Å². The van der Waals surface area contributed by atoms with Crippen LogP contribution in [0.2, 0.25) is 0 Å². The van der Waals surface area contributed by atoms with Crippen LogP contribution < -0.4 is 10.6 Å². The molecule has 2 N–H and O–H groups in total. The molecule has 0 aromatic rings. The van der Waals surface area contributed by atoms with Crippen molar-refractivity contribution in [3.8, 4) is 0 Å². The number of rotatable bonds is 5. The first kappa shape index (κ1) is 15.6. The number of nitrogens with one attached hydrogen (secondary N) is 2. The van der Waals surface area contributed by atoms with E-state index in [1.807, 2.05) is 0 Å². The minimum Gasteiger partial charge on any atom is -0.373 e. The van der Waals surface area contributed by atoms with Gasteiger partial charge in [0.15, 0.2) is 5.96 Å². The van der Waals surface area contributed by atoms with Gasteiger partial charge in [0.25, 0.3) is 0 Å². The predicted octanol–water partition coefficient (Wildman–Crippen LogP) is 1.20. The SMILES string of the molecule is CCNC(=NCC(C)(C)N(C)C)NC1CC2CCC1O2. The molecule has 20 heavy (non-hydrogen) atoms. The average Bonchev–Trinajstić information content (AvgIpc) is 2.98. The van der Waals surface area contributed by atoms with Crippen molar-refractivity contribution in [2.75, 3.05) is 27.2 Å². The summed E-state index contributed by atoms with van der Waals surface area (Å²) >= 11 is 0. The summed E-state index contributed by atoms with van der Waals surface area (Å²) in [6.45, 7) is 8.18. The van der Waals surface area contributed by atoms with Crippen LogP contribution in [-0.2, 0) is 4.74 Å². The van der Waals surface area contributed by atoms with E-state index in [9.17, 15) is 0 Å². The zero-order valence-corrected chi connectivity index (χ0v) is 13.6. The molecule has 2 bridgehead atoms. The predicted molar refractivity (Wildman–Crippen MR) is 83.2 cm³/mol. The van der Waals surface area contributed by atoms with E-state index in [1.165, 1.54) is 12.8 Å². The van der Waals surface area contributed by atoms with Gasteiger partial charge in [0.1, 0.15) is 0 Å². The molecule has 2 rings (SSSR count). The quantitative estimate of drug-likeness (QED) is 0.588. The first-order valence-corrected chi connectivity index (χ1v) is 7.80. The first-order valence-electron chi connectivity index (χ1n) is 7.80. The molecule has 5 nitrogen and oxygen atoms in total. The zero-order valence-electron chi connectivity index (χ0n) is 13.6. The van der Waals surface area contributed by atoms with Gasteiger partial charge in [0, 0.05) is 12.1 Å². The second kappa shape index (κ2) is 6.31. The molecule has 3 unspecified atom stereocenters. The highest BCUT2D eigenvalue weighted by molar-refractivity contribution is 5.80. The molecule has 0 saturated carbocycles. The molecule has 0 spiro atoms. The Labute approximate surface area is 123 Å². The number of fused-ring (bicyclic) bond motifs is 2. The minimum atomic E-state index is 0.0630. The second-order valence-corrected chi connectivity index (χ2v) is 6.76. The third-order valence-electron chi connectivity index (χ3n) is 4.61. The van der Waals surface area contributed by atoms with E-state index in [-0.39, 0.29) is 5.54 Å². The van der Waals surface area contributed by atoms with E-state index in [0.717, 1.165) is 25.5 Å². The van der Waals surface area contributed by atoms with Crippen LogP contribution in [0.1, 0.15) is 40.0 Å². The summed E-state index contributed by atoms with van der Waals surface area (Å²) in [6.07, 6.45) is 4.38. The Balaban J connectivity index is 1.93. The Kier molecular flexibility index (Phi) is 4.91. The first-order chi connectivity index (χ1) is 9.42. The highest BCUT2D eigenvalue weighted by Crippen LogP contribution is 2.34. The number of likely N-dealkylation sites (N-methyl/N-ethyl adjacent to an activating group) is 1. The van der Waals surface area contributed by atoms with E-state index in [0.29, 0.717) is 18.2 Å². The maximum absolute atomic E-state index is 5.89. The number of nitrogens with zero attached hydrogens (tertiary/aromatic N) is 2. The molecule has 2 saturated heterocycles. The summed E-state index contributed by atoms with van der Waals surface area (Å²) in [5.41, 5.74) is 0.0630. The van der Waals surface area contributed by atoms with E-state index >= 15 is 0 Å². The number of hydrogen-bond donors (Lipinski definition) is 2. The van der Waals surface area contributed by atoms with E-state index in [1.54, 1.807) is 0 Å². The smallest absolute Gasteiger partial charge is 0.191 e. The van der Waals surface area contributed by atoms with Gasteiger partial charge in [-0.05, 0) is 54.1 Å². The summed E-state index contributed by atoms with van der Waals surface area (Å²) in [5.74, 6) is 0.920. The van der Waals surface area contributed by atoms with Crippen LogP contribution in [0.4, 0.5) is 0 Å². The number of ether oxygens (including phenoxy) is 1. The van der Waals surface area contributed by atoms with Crippen molar-refractivity contribution in [3.63, 3.8) is 0 Å². The van der Waals surface area contributed by atoms with Gasteiger partial charge in [-0.1, -0.05) is 0 Å². The molecule has 0 aromatic carbocycles. The third-order valence-corrected chi connectivity index (χ3v) is 4.61. The van der Waals surface area contributed by atoms with Gasteiger partial charge in [-0.3, -0.25) is 4.99 Å². The molecule has 2 aliphatic rings. The lowest BCUT2D eigenvalue weighted by Crippen LogP contribution is -2.49. The molecule has 3 atom stereocenters. The summed E-state index contributed by atoms with van der Waals surface area (Å²) in [5, 5.41) is 6.90. The Morgan fingerprint density at radius 3 is 2.60 bits per heavy atom. The van der Waals surface area contributed by atoms with Crippen LogP contribution in [0.15, 0.2) is 4.99 Å². The molecule has 2 aliphatic heterocycles. The largest absolute Gasteiger partial charge is 0.373 e. The normalized spacial score (nSPS) is 30.1. The number of aliphatic imine (C=N–C) groups is 1. The van der Waals surface area contributed by atoms with Crippen LogP contribution in [0.3, 0.4) is 0 Å². The summed E-state index contributed by atoms with van der Waals surface area (Å²) in [7, 11) is 4.19. The van der Waals surface area contributed by atoms with Gasteiger partial charge >= 0.3 is 0 Å². The molecular weight excluding hydrogens is 252 g/mol. The average molecular weight is 282 g/mol. The maximum atomic E-state index is 5.89. The zero-order chi connectivity index (χ0) is 14.8. The molecule has 116 valence electrons. The topological polar surface area (TPSA) is 48.9 Å². The van der Waals surface area contributed by atoms with Gasteiger partial charge < -0.3 is 20.3 Å². The molecule has 5 heteroatoms. The van der Waals surface area contributed by atoms with Crippen molar-refractivity contribution in [3.05, 3.63) is 0 Å². The number of hydrogen-bond acceptors (Lipinski definition) is 3. The Morgan fingerprint density at radius 1 is 1.35 bits per heavy atom. The lowest BCUT2D eigenvalue weighted by molar-refractivity contribution is 0.0992. The fourth-order valence-corrected chi connectivity index (χ4v) is 2.70. The lowest BCUT2D eigenvalue weighted by atomic mass is 9.96. The fraction of sp³-hybridized carbons (Fsp3) is 0.933. The standard InChI is InChI=1S/C15H30N4O/c1-6-16-14(17-10-15(2,3)19(4)5)18-12-9-11-7-8-13(12)20-11/h11-13H,6-10H2,1-5H3,(H2,16,17,18). The van der Waals surface area contributed by atoms with Crippen molar-refractivity contribution >= 4 is 5.96 Å². The van der Waals surface area contributed by atoms with Gasteiger partial charge in [-0.2, -0.15) is 0 Å². The summed E-state index contributed by atoms with van der Waals surface area (Å²) < 4.78 is 5.89. The minimum absolute atomic E-state index is 0.0630. The van der Waals surface area contributed by atoms with E-state index in [2.05, 4.69) is 50.4 Å². The molecule has 0 radical (unpaired) electrons. The Hall–Kier alpha value is -0.810. The molecule has 0 aromatic heterocycles. The lowest BCUT2D eigenvalue weighted by Gasteiger charge is -2.31. The van der Waals surface area contributed by atoms with Gasteiger partial charge in [0.05, 0.1) is 24.8 Å². The van der Waals surface area contributed by atoms with Crippen molar-refractivity contribution in [1.29, 1.82) is 0 Å². The van der Waals surface area contributed by atoms with Crippen molar-refractivity contribution in [1.82, 2.24) is 15.5 Å². The van der Waals surface area contributed by atoms with Crippen LogP contribution in [-0.4, -0.2) is 61.8 Å². The van der Waals surface area contributed by atoms with Crippen LogP contribution in [0, 0.1) is 0 Å². The second-order valence-electron chi connectivity index (χ2n) is 6.76. The summed E-state index contributed by atoms with van der Waals surface area (Å²) in [6, 6.07) is 0.425. The van der Waals surface area contributed by atoms with Gasteiger partial charge in [0.2, 0.25) is 0 Å². The third kappa shape index (κ3) is 3.64. The van der Waals surface area contributed by atoms with E-state index in [4.69, 9.17) is 9.73 Å². The molecule has 2 fully saturated rings. The van der Waals surface area contributed by atoms with Crippen molar-refractivity contribution < 1.29 is 4.74 Å². The molecule has 0 amide bonds. The molecular formula is C15H30N4O. The Bertz CT molecular complexity index is 354. The van der Waals surface area contributed by atoms with E-state index < -0.39 is 0 Å². The van der Waals surface area contributed by atoms with Crippen LogP contribution >= 0.6 is 0 Å². The highest BCUT2D eigenvalue weighted by atomic mass is 16.5.